The van der Waals surface area contributed by atoms with Gasteiger partial charge < -0.3 is 19.7 Å². The van der Waals surface area contributed by atoms with E-state index in [1.54, 1.807) is 42.5 Å². The minimum absolute atomic E-state index is 0.0520. The molecule has 2 amide bonds. The molecular formula is C24H27FN2O4. The summed E-state index contributed by atoms with van der Waals surface area (Å²) in [6.45, 7) is 1.80. The van der Waals surface area contributed by atoms with E-state index in [1.165, 1.54) is 6.07 Å². The Labute approximate surface area is 181 Å². The van der Waals surface area contributed by atoms with Crippen LogP contribution in [0.5, 0.6) is 11.5 Å². The van der Waals surface area contributed by atoms with Gasteiger partial charge in [0.15, 0.2) is 11.6 Å². The van der Waals surface area contributed by atoms with E-state index >= 15 is 0 Å². The van der Waals surface area contributed by atoms with Crippen molar-refractivity contribution in [3.8, 4) is 11.5 Å². The Hall–Kier alpha value is -2.93. The van der Waals surface area contributed by atoms with Gasteiger partial charge >= 0.3 is 0 Å². The molecular weight excluding hydrogens is 399 g/mol. The van der Waals surface area contributed by atoms with E-state index in [1.807, 2.05) is 4.90 Å². The van der Waals surface area contributed by atoms with E-state index < -0.39 is 5.82 Å². The normalized spacial score (nSPS) is 19.6. The highest BCUT2D eigenvalue weighted by molar-refractivity contribution is 5.92. The molecule has 0 radical (unpaired) electrons. The van der Waals surface area contributed by atoms with Gasteiger partial charge in [-0.05, 0) is 68.5 Å². The van der Waals surface area contributed by atoms with Crippen LogP contribution in [0.3, 0.4) is 0 Å². The standard InChI is InChI=1S/C24H27FN2O4/c25-20-5-1-2-6-21(20)31-19-10-8-18(9-11-19)26-23(28)17-12-14-27(15-13-17)24(29)22-7-3-4-16-30-22/h1-2,5-6,8-11,17,22H,3-4,7,12-16H2,(H,26,28). The Bertz CT molecular complexity index is 904. The van der Waals surface area contributed by atoms with E-state index in [4.69, 9.17) is 9.47 Å². The fourth-order valence-electron chi connectivity index (χ4n) is 4.01. The number of hydrogen-bond acceptors (Lipinski definition) is 4. The number of nitrogens with one attached hydrogen (secondary N) is 1. The first-order chi connectivity index (χ1) is 15.1. The van der Waals surface area contributed by atoms with E-state index in [0.29, 0.717) is 44.0 Å². The molecule has 1 N–H and O–H groups in total. The van der Waals surface area contributed by atoms with Crippen molar-refractivity contribution in [3.63, 3.8) is 0 Å². The van der Waals surface area contributed by atoms with Crippen molar-refractivity contribution in [2.75, 3.05) is 25.0 Å². The number of carbonyl (C=O) groups excluding carboxylic acids is 2. The molecule has 0 bridgehead atoms. The first-order valence-corrected chi connectivity index (χ1v) is 10.8. The number of hydrogen-bond donors (Lipinski definition) is 1. The maximum Gasteiger partial charge on any atom is 0.251 e. The van der Waals surface area contributed by atoms with Gasteiger partial charge in [-0.25, -0.2) is 4.39 Å². The van der Waals surface area contributed by atoms with Crippen LogP contribution in [0.2, 0.25) is 0 Å². The molecule has 31 heavy (non-hydrogen) atoms. The summed E-state index contributed by atoms with van der Waals surface area (Å²) in [5.41, 5.74) is 0.653. The van der Waals surface area contributed by atoms with Gasteiger partial charge in [0, 0.05) is 31.3 Å². The highest BCUT2D eigenvalue weighted by atomic mass is 19.1. The molecule has 2 aromatic rings. The molecule has 2 saturated heterocycles. The highest BCUT2D eigenvalue weighted by Gasteiger charge is 2.32. The van der Waals surface area contributed by atoms with Gasteiger partial charge in [0.1, 0.15) is 11.9 Å². The number of benzene rings is 2. The van der Waals surface area contributed by atoms with Gasteiger partial charge in [-0.3, -0.25) is 9.59 Å². The second kappa shape index (κ2) is 9.92. The fraction of sp³-hybridized carbons (Fsp3) is 0.417. The van der Waals surface area contributed by atoms with Crippen LogP contribution in [0.25, 0.3) is 0 Å². The molecule has 4 rings (SSSR count). The Morgan fingerprint density at radius 3 is 2.42 bits per heavy atom. The number of rotatable bonds is 5. The first-order valence-electron chi connectivity index (χ1n) is 10.8. The number of para-hydroxylation sites is 1. The summed E-state index contributed by atoms with van der Waals surface area (Å²) in [7, 11) is 0. The van der Waals surface area contributed by atoms with Crippen molar-refractivity contribution in [3.05, 3.63) is 54.3 Å². The van der Waals surface area contributed by atoms with E-state index in [0.717, 1.165) is 19.3 Å². The third-order valence-corrected chi connectivity index (χ3v) is 5.82. The number of halogens is 1. The predicted molar refractivity (Wildman–Crippen MR) is 114 cm³/mol. The molecule has 0 aromatic heterocycles. The van der Waals surface area contributed by atoms with Gasteiger partial charge in [-0.15, -0.1) is 0 Å². The quantitative estimate of drug-likeness (QED) is 0.771. The molecule has 0 saturated carbocycles. The van der Waals surface area contributed by atoms with Gasteiger partial charge in [0.25, 0.3) is 5.91 Å². The monoisotopic (exact) mass is 426 g/mol. The van der Waals surface area contributed by atoms with Crippen LogP contribution in [-0.2, 0) is 14.3 Å². The van der Waals surface area contributed by atoms with Crippen LogP contribution in [0.1, 0.15) is 32.1 Å². The average molecular weight is 426 g/mol. The van der Waals surface area contributed by atoms with Gasteiger partial charge in [-0.2, -0.15) is 0 Å². The third kappa shape index (κ3) is 5.41. The first kappa shape index (κ1) is 21.3. The maximum atomic E-state index is 13.7. The summed E-state index contributed by atoms with van der Waals surface area (Å²) >= 11 is 0. The Kier molecular flexibility index (Phi) is 6.82. The minimum atomic E-state index is -0.431. The van der Waals surface area contributed by atoms with Crippen molar-refractivity contribution in [2.45, 2.75) is 38.2 Å². The van der Waals surface area contributed by atoms with Crippen molar-refractivity contribution in [2.24, 2.45) is 5.92 Å². The lowest BCUT2D eigenvalue weighted by molar-refractivity contribution is -0.148. The highest BCUT2D eigenvalue weighted by Crippen LogP contribution is 2.26. The second-order valence-electron chi connectivity index (χ2n) is 8.00. The zero-order chi connectivity index (χ0) is 21.6. The smallest absolute Gasteiger partial charge is 0.251 e. The summed E-state index contributed by atoms with van der Waals surface area (Å²) in [6.07, 6.45) is 3.79. The number of anilines is 1. The van der Waals surface area contributed by atoms with Crippen LogP contribution in [0, 0.1) is 11.7 Å². The van der Waals surface area contributed by atoms with Gasteiger partial charge in [-0.1, -0.05) is 12.1 Å². The topological polar surface area (TPSA) is 67.9 Å². The number of carbonyl (C=O) groups is 2. The molecule has 1 unspecified atom stereocenters. The number of piperidine rings is 1. The van der Waals surface area contributed by atoms with Crippen LogP contribution < -0.4 is 10.1 Å². The fourth-order valence-corrected chi connectivity index (χ4v) is 4.01. The summed E-state index contributed by atoms with van der Waals surface area (Å²) in [6, 6.07) is 13.0. The molecule has 6 nitrogen and oxygen atoms in total. The summed E-state index contributed by atoms with van der Waals surface area (Å²) in [5, 5.41) is 2.92. The SMILES string of the molecule is O=C(Nc1ccc(Oc2ccccc2F)cc1)C1CCN(C(=O)C2CCCCO2)CC1. The summed E-state index contributed by atoms with van der Waals surface area (Å²) in [4.78, 5) is 27.0. The Morgan fingerprint density at radius 1 is 1.00 bits per heavy atom. The minimum Gasteiger partial charge on any atom is -0.454 e. The van der Waals surface area contributed by atoms with E-state index in [2.05, 4.69) is 5.32 Å². The Morgan fingerprint density at radius 2 is 1.74 bits per heavy atom. The van der Waals surface area contributed by atoms with Crippen molar-refractivity contribution >= 4 is 17.5 Å². The van der Waals surface area contributed by atoms with Crippen LogP contribution in [-0.4, -0.2) is 42.5 Å². The third-order valence-electron chi connectivity index (χ3n) is 5.82. The number of likely N-dealkylation sites (tertiary alicyclic amines) is 1. The van der Waals surface area contributed by atoms with Crippen LogP contribution >= 0.6 is 0 Å². The lowest BCUT2D eigenvalue weighted by atomic mass is 9.95. The van der Waals surface area contributed by atoms with Crippen molar-refractivity contribution < 1.29 is 23.5 Å². The number of amides is 2. The number of nitrogens with zero attached hydrogens (tertiary/aromatic N) is 1. The molecule has 0 spiro atoms. The van der Waals surface area contributed by atoms with E-state index in [-0.39, 0.29) is 29.6 Å². The molecule has 2 aliphatic rings. The zero-order valence-corrected chi connectivity index (χ0v) is 17.4. The van der Waals surface area contributed by atoms with E-state index in [9.17, 15) is 14.0 Å². The summed E-state index contributed by atoms with van der Waals surface area (Å²) in [5.74, 6) is 0.0808. The molecule has 2 aliphatic heterocycles. The largest absolute Gasteiger partial charge is 0.454 e. The molecule has 1 atom stereocenters. The predicted octanol–water partition coefficient (Wildman–Crippen LogP) is 4.36. The molecule has 2 aromatic carbocycles. The second-order valence-corrected chi connectivity index (χ2v) is 8.00. The summed E-state index contributed by atoms with van der Waals surface area (Å²) < 4.78 is 24.8. The molecule has 0 aliphatic carbocycles. The van der Waals surface area contributed by atoms with Gasteiger partial charge in [0.05, 0.1) is 0 Å². The van der Waals surface area contributed by atoms with Crippen molar-refractivity contribution in [1.29, 1.82) is 0 Å². The molecule has 164 valence electrons. The lowest BCUT2D eigenvalue weighted by Gasteiger charge is -2.34. The van der Waals surface area contributed by atoms with Gasteiger partial charge in [0.2, 0.25) is 5.91 Å². The molecule has 2 heterocycles. The average Bonchev–Trinajstić information content (AvgIpc) is 2.82. The Balaban J connectivity index is 1.26. The molecule has 2 fully saturated rings. The maximum absolute atomic E-state index is 13.7. The van der Waals surface area contributed by atoms with Crippen molar-refractivity contribution in [1.82, 2.24) is 4.90 Å². The lowest BCUT2D eigenvalue weighted by Crippen LogP contribution is -2.47. The number of ether oxygens (including phenoxy) is 2. The zero-order valence-electron chi connectivity index (χ0n) is 17.4. The van der Waals surface area contributed by atoms with Crippen LogP contribution in [0.15, 0.2) is 48.5 Å². The molecule has 7 heteroatoms. The van der Waals surface area contributed by atoms with Crippen LogP contribution in [0.4, 0.5) is 10.1 Å².